The number of fused-ring (bicyclic) bond motifs is 2. The first-order chi connectivity index (χ1) is 16.0. The number of aliphatic hydroxyl groups is 2. The van der Waals surface area contributed by atoms with Crippen molar-refractivity contribution in [2.24, 2.45) is 34.0 Å². The van der Waals surface area contributed by atoms with Crippen molar-refractivity contribution < 1.29 is 34.1 Å². The normalized spacial score (nSPS) is 46.1. The number of carbonyl (C=O) groups is 3. The van der Waals surface area contributed by atoms with Crippen molar-refractivity contribution in [3.63, 3.8) is 0 Å². The molecule has 34 heavy (non-hydrogen) atoms. The second-order valence-corrected chi connectivity index (χ2v) is 11.4. The summed E-state index contributed by atoms with van der Waals surface area (Å²) in [6.07, 6.45) is 2.21. The van der Waals surface area contributed by atoms with Crippen LogP contribution in [0.1, 0.15) is 49.9 Å². The Morgan fingerprint density at radius 3 is 2.65 bits per heavy atom. The van der Waals surface area contributed by atoms with Crippen LogP contribution in [0.15, 0.2) is 36.7 Å². The monoisotopic (exact) mass is 467 g/mol. The number of hydrogen-bond donors (Lipinski definition) is 2. The van der Waals surface area contributed by atoms with Gasteiger partial charge in [0, 0.05) is 30.7 Å². The van der Waals surface area contributed by atoms with Gasteiger partial charge in [0.05, 0.1) is 17.6 Å². The Morgan fingerprint density at radius 2 is 1.94 bits per heavy atom. The van der Waals surface area contributed by atoms with Gasteiger partial charge in [0.25, 0.3) is 0 Å². The predicted molar refractivity (Wildman–Crippen MR) is 117 cm³/mol. The zero-order chi connectivity index (χ0) is 24.3. The van der Waals surface area contributed by atoms with Crippen molar-refractivity contribution in [2.75, 3.05) is 6.61 Å². The molecule has 4 aliphatic carbocycles. The molecule has 8 atom stereocenters. The van der Waals surface area contributed by atoms with Crippen molar-refractivity contribution in [2.45, 2.75) is 57.5 Å². The molecule has 1 unspecified atom stereocenters. The standard InChI is InChI=1S/C26H29NO7/c1-13-15-4-5-16-24-12-33-26(32,20(30)18(24)23(2,3)9-6-17(24)28)25(16,19(13)29)21(15)34-22(31)14-7-10-27-11-8-14/h7-8,10-11,15-16,18,20-21,30,32H,1,4-6,9,12H2,2-3H3/t15-,16-,18+,20-,21+,24+,25-,26?/m0/s1. The first-order valence-electron chi connectivity index (χ1n) is 12.0. The summed E-state index contributed by atoms with van der Waals surface area (Å²) >= 11 is 0. The molecule has 180 valence electrons. The zero-order valence-corrected chi connectivity index (χ0v) is 19.3. The van der Waals surface area contributed by atoms with Crippen LogP contribution in [0.5, 0.6) is 0 Å². The maximum atomic E-state index is 14.0. The van der Waals surface area contributed by atoms with Gasteiger partial charge in [-0.1, -0.05) is 20.4 Å². The summed E-state index contributed by atoms with van der Waals surface area (Å²) in [5, 5.41) is 23.8. The summed E-state index contributed by atoms with van der Waals surface area (Å²) < 4.78 is 11.9. The molecule has 4 bridgehead atoms. The van der Waals surface area contributed by atoms with Gasteiger partial charge in [-0.2, -0.15) is 0 Å². The van der Waals surface area contributed by atoms with E-state index in [0.717, 1.165) is 0 Å². The van der Waals surface area contributed by atoms with Gasteiger partial charge in [-0.05, 0) is 48.3 Å². The molecule has 0 aromatic carbocycles. The van der Waals surface area contributed by atoms with Crippen LogP contribution < -0.4 is 0 Å². The lowest BCUT2D eigenvalue weighted by Gasteiger charge is -2.72. The molecule has 1 aromatic heterocycles. The van der Waals surface area contributed by atoms with E-state index in [1.54, 1.807) is 0 Å². The summed E-state index contributed by atoms with van der Waals surface area (Å²) in [5.41, 5.74) is -2.87. The van der Waals surface area contributed by atoms with Gasteiger partial charge in [-0.25, -0.2) is 4.79 Å². The van der Waals surface area contributed by atoms with E-state index in [1.807, 2.05) is 13.8 Å². The number of aromatic nitrogens is 1. The first-order valence-corrected chi connectivity index (χ1v) is 12.0. The molecule has 2 spiro atoms. The van der Waals surface area contributed by atoms with Gasteiger partial charge < -0.3 is 19.7 Å². The number of pyridine rings is 1. The largest absolute Gasteiger partial charge is 0.457 e. The Hall–Kier alpha value is -2.42. The lowest BCUT2D eigenvalue weighted by Crippen LogP contribution is -2.85. The molecule has 6 aliphatic rings. The average Bonchev–Trinajstić information content (AvgIpc) is 2.93. The van der Waals surface area contributed by atoms with Crippen LogP contribution in [0.25, 0.3) is 0 Å². The fraction of sp³-hybridized carbons (Fsp3) is 0.615. The molecule has 2 aliphatic heterocycles. The van der Waals surface area contributed by atoms with Crippen molar-refractivity contribution >= 4 is 17.5 Å². The molecule has 3 heterocycles. The van der Waals surface area contributed by atoms with E-state index in [1.165, 1.54) is 24.5 Å². The molecule has 1 aromatic rings. The third-order valence-electron chi connectivity index (χ3n) is 9.77. The van der Waals surface area contributed by atoms with Crippen LogP contribution in [-0.4, -0.2) is 57.3 Å². The summed E-state index contributed by atoms with van der Waals surface area (Å²) in [6.45, 7) is 7.93. The van der Waals surface area contributed by atoms with Crippen molar-refractivity contribution in [3.05, 3.63) is 42.2 Å². The highest BCUT2D eigenvalue weighted by Crippen LogP contribution is 2.76. The Labute approximate surface area is 197 Å². The molecule has 6 fully saturated rings. The molecule has 0 radical (unpaired) electrons. The first kappa shape index (κ1) is 22.1. The minimum Gasteiger partial charge on any atom is -0.457 e. The SMILES string of the molecule is C=C1C(=O)[C@]23[C@H](OC(=O)c4ccncc4)[C@H]1CC[C@H]2[C@@]12COC3(O)[C@@H](O)[C@@H]1C(C)(C)CCC2=O. The van der Waals surface area contributed by atoms with Gasteiger partial charge >= 0.3 is 5.97 Å². The van der Waals surface area contributed by atoms with E-state index in [9.17, 15) is 24.6 Å². The Balaban J connectivity index is 1.55. The fourth-order valence-electron chi connectivity index (χ4n) is 8.44. The minimum atomic E-state index is -2.29. The summed E-state index contributed by atoms with van der Waals surface area (Å²) in [5.74, 6) is -5.20. The topological polar surface area (TPSA) is 123 Å². The van der Waals surface area contributed by atoms with Gasteiger partial charge in [0.2, 0.25) is 5.79 Å². The fourth-order valence-corrected chi connectivity index (χ4v) is 8.44. The van der Waals surface area contributed by atoms with Crippen molar-refractivity contribution in [1.29, 1.82) is 0 Å². The van der Waals surface area contributed by atoms with Gasteiger partial charge in [-0.3, -0.25) is 14.6 Å². The van der Waals surface area contributed by atoms with Gasteiger partial charge in [0.1, 0.15) is 23.4 Å². The number of Topliss-reactive ketones (excluding diaryl/α,β-unsaturated/α-hetero) is 2. The van der Waals surface area contributed by atoms with E-state index in [-0.39, 0.29) is 23.5 Å². The van der Waals surface area contributed by atoms with Crippen LogP contribution in [-0.2, 0) is 19.1 Å². The van der Waals surface area contributed by atoms with Crippen molar-refractivity contribution in [3.8, 4) is 0 Å². The molecular weight excluding hydrogens is 438 g/mol. The third kappa shape index (κ3) is 2.21. The number of hydrogen-bond acceptors (Lipinski definition) is 8. The van der Waals surface area contributed by atoms with Crippen LogP contribution in [0.4, 0.5) is 0 Å². The molecule has 8 heteroatoms. The molecule has 4 saturated carbocycles. The lowest BCUT2D eigenvalue weighted by atomic mass is 9.36. The summed E-state index contributed by atoms with van der Waals surface area (Å²) in [4.78, 5) is 44.7. The highest BCUT2D eigenvalue weighted by atomic mass is 16.6. The van der Waals surface area contributed by atoms with E-state index in [4.69, 9.17) is 9.47 Å². The number of aliphatic hydroxyl groups excluding tert-OH is 1. The van der Waals surface area contributed by atoms with E-state index < -0.39 is 63.7 Å². The molecule has 2 saturated heterocycles. The number of ketones is 2. The van der Waals surface area contributed by atoms with Crippen LogP contribution in [0, 0.1) is 34.0 Å². The number of nitrogens with zero attached hydrogens (tertiary/aromatic N) is 1. The van der Waals surface area contributed by atoms with Crippen LogP contribution >= 0.6 is 0 Å². The Kier molecular flexibility index (Phi) is 4.30. The quantitative estimate of drug-likeness (QED) is 0.499. The maximum absolute atomic E-state index is 14.0. The number of ether oxygens (including phenoxy) is 2. The molecular formula is C26H29NO7. The van der Waals surface area contributed by atoms with Gasteiger partial charge in [0.15, 0.2) is 5.78 Å². The third-order valence-corrected chi connectivity index (χ3v) is 9.77. The molecule has 8 nitrogen and oxygen atoms in total. The maximum Gasteiger partial charge on any atom is 0.338 e. The lowest BCUT2D eigenvalue weighted by molar-refractivity contribution is -0.436. The molecule has 2 N–H and O–H groups in total. The highest BCUT2D eigenvalue weighted by Gasteiger charge is 2.88. The van der Waals surface area contributed by atoms with Crippen molar-refractivity contribution in [1.82, 2.24) is 4.98 Å². The second kappa shape index (κ2) is 6.62. The highest BCUT2D eigenvalue weighted by molar-refractivity contribution is 6.06. The number of esters is 1. The summed E-state index contributed by atoms with van der Waals surface area (Å²) in [7, 11) is 0. The minimum absolute atomic E-state index is 0.0510. The zero-order valence-electron chi connectivity index (χ0n) is 19.3. The predicted octanol–water partition coefficient (Wildman–Crippen LogP) is 1.84. The Bertz CT molecular complexity index is 1130. The molecule has 7 rings (SSSR count). The molecule has 0 amide bonds. The van der Waals surface area contributed by atoms with E-state index in [0.29, 0.717) is 25.7 Å². The number of carbonyl (C=O) groups excluding carboxylic acids is 3. The summed E-state index contributed by atoms with van der Waals surface area (Å²) in [6, 6.07) is 3.02. The second-order valence-electron chi connectivity index (χ2n) is 11.4. The smallest absolute Gasteiger partial charge is 0.338 e. The Morgan fingerprint density at radius 1 is 1.24 bits per heavy atom. The van der Waals surface area contributed by atoms with E-state index >= 15 is 0 Å². The average molecular weight is 468 g/mol. The van der Waals surface area contributed by atoms with E-state index in [2.05, 4.69) is 11.6 Å². The van der Waals surface area contributed by atoms with Crippen LogP contribution in [0.3, 0.4) is 0 Å². The number of rotatable bonds is 2. The van der Waals surface area contributed by atoms with Gasteiger partial charge in [-0.15, -0.1) is 0 Å². The van der Waals surface area contributed by atoms with Crippen LogP contribution in [0.2, 0.25) is 0 Å².